The maximum Gasteiger partial charge on any atom is 0.574 e. The minimum absolute atomic E-state index is 0.261. The molecule has 1 aromatic heterocycles. The third-order valence-corrected chi connectivity index (χ3v) is 1.89. The lowest BCUT2D eigenvalue weighted by atomic mass is 10.1. The fourth-order valence-electron chi connectivity index (χ4n) is 1.24. The van der Waals surface area contributed by atoms with E-state index in [1.54, 1.807) is 6.07 Å². The van der Waals surface area contributed by atoms with Crippen LogP contribution in [0.5, 0.6) is 5.88 Å². The van der Waals surface area contributed by atoms with Crippen LogP contribution in [0.2, 0.25) is 0 Å². The van der Waals surface area contributed by atoms with Crippen molar-refractivity contribution in [2.24, 2.45) is 0 Å². The van der Waals surface area contributed by atoms with Crippen LogP contribution in [-0.4, -0.2) is 11.3 Å². The summed E-state index contributed by atoms with van der Waals surface area (Å²) in [7, 11) is 0. The number of halogens is 5. The van der Waals surface area contributed by atoms with Crippen LogP contribution in [0.25, 0.3) is 0 Å². The summed E-state index contributed by atoms with van der Waals surface area (Å²) in [5, 5.41) is 17.1. The highest BCUT2D eigenvalue weighted by atomic mass is 19.4. The van der Waals surface area contributed by atoms with Crippen LogP contribution in [0.15, 0.2) is 6.07 Å². The second kappa shape index (κ2) is 5.48. The molecular weight excluding hydrogens is 273 g/mol. The highest BCUT2D eigenvalue weighted by Gasteiger charge is 2.35. The highest BCUT2D eigenvalue weighted by molar-refractivity contribution is 5.45. The molecule has 0 atom stereocenters. The molecule has 0 aliphatic carbocycles. The van der Waals surface area contributed by atoms with Crippen LogP contribution in [0.4, 0.5) is 22.0 Å². The lowest BCUT2D eigenvalue weighted by Gasteiger charge is -2.13. The van der Waals surface area contributed by atoms with Gasteiger partial charge < -0.3 is 4.74 Å². The lowest BCUT2D eigenvalue weighted by molar-refractivity contribution is -0.276. The van der Waals surface area contributed by atoms with Gasteiger partial charge in [-0.1, -0.05) is 0 Å². The molecule has 0 aromatic carbocycles. The predicted octanol–water partition coefficient (Wildman–Crippen LogP) is 2.86. The van der Waals surface area contributed by atoms with Gasteiger partial charge in [-0.25, -0.2) is 13.8 Å². The number of hydrogen-bond donors (Lipinski definition) is 0. The first-order chi connectivity index (χ1) is 8.78. The monoisotopic (exact) mass is 277 g/mol. The van der Waals surface area contributed by atoms with Crippen molar-refractivity contribution in [2.45, 2.75) is 19.2 Å². The van der Waals surface area contributed by atoms with Crippen LogP contribution in [0.3, 0.4) is 0 Å². The summed E-state index contributed by atoms with van der Waals surface area (Å²) in [5.41, 5.74) is -2.22. The number of ether oxygens (including phenoxy) is 1. The Hall–Kier alpha value is -2.42. The van der Waals surface area contributed by atoms with Gasteiger partial charge in [-0.15, -0.1) is 13.2 Å². The molecule has 0 radical (unpaired) electrons. The predicted molar refractivity (Wildman–Crippen MR) is 49.9 cm³/mol. The van der Waals surface area contributed by atoms with Crippen LogP contribution in [0.1, 0.15) is 23.2 Å². The molecule has 0 aliphatic heterocycles. The Morgan fingerprint density at radius 1 is 1.32 bits per heavy atom. The molecule has 0 amide bonds. The zero-order valence-electron chi connectivity index (χ0n) is 9.00. The van der Waals surface area contributed by atoms with E-state index in [9.17, 15) is 22.0 Å². The molecular formula is C10H4F5N3O. The molecule has 4 nitrogen and oxygen atoms in total. The van der Waals surface area contributed by atoms with Crippen molar-refractivity contribution in [2.75, 3.05) is 0 Å². The van der Waals surface area contributed by atoms with E-state index in [-0.39, 0.29) is 5.69 Å². The van der Waals surface area contributed by atoms with E-state index in [1.807, 2.05) is 0 Å². The van der Waals surface area contributed by atoms with Crippen LogP contribution < -0.4 is 4.74 Å². The maximum atomic E-state index is 12.7. The van der Waals surface area contributed by atoms with Gasteiger partial charge in [-0.2, -0.15) is 10.5 Å². The second-order valence-corrected chi connectivity index (χ2v) is 3.18. The molecule has 1 rings (SSSR count). The molecule has 0 bridgehead atoms. The van der Waals surface area contributed by atoms with Gasteiger partial charge in [0.1, 0.15) is 0 Å². The number of aromatic nitrogens is 1. The number of nitriles is 2. The van der Waals surface area contributed by atoms with Crippen molar-refractivity contribution in [1.29, 1.82) is 10.5 Å². The molecule has 0 N–H and O–H groups in total. The minimum atomic E-state index is -5.23. The van der Waals surface area contributed by atoms with E-state index in [4.69, 9.17) is 10.5 Å². The first kappa shape index (κ1) is 14.6. The van der Waals surface area contributed by atoms with Crippen molar-refractivity contribution >= 4 is 0 Å². The first-order valence-corrected chi connectivity index (χ1v) is 4.63. The SMILES string of the molecule is N#CCc1cc(C#N)c(C(F)F)c(OC(F)(F)F)n1. The molecule has 1 heterocycles. The van der Waals surface area contributed by atoms with E-state index >= 15 is 0 Å². The smallest absolute Gasteiger partial charge is 0.387 e. The Morgan fingerprint density at radius 2 is 1.95 bits per heavy atom. The summed E-state index contributed by atoms with van der Waals surface area (Å²) in [6.07, 6.45) is -9.03. The van der Waals surface area contributed by atoms with E-state index < -0.39 is 36.2 Å². The third kappa shape index (κ3) is 3.78. The van der Waals surface area contributed by atoms with Gasteiger partial charge in [0.25, 0.3) is 6.43 Å². The fourth-order valence-corrected chi connectivity index (χ4v) is 1.24. The Balaban J connectivity index is 3.43. The number of alkyl halides is 5. The number of hydrogen-bond acceptors (Lipinski definition) is 4. The standard InChI is InChI=1S/C10H4F5N3O/c11-8(12)7-5(4-17)3-6(1-2-16)18-9(7)19-10(13,14)15/h3,8H,1H2. The van der Waals surface area contributed by atoms with E-state index in [2.05, 4.69) is 9.72 Å². The summed E-state index contributed by atoms with van der Waals surface area (Å²) < 4.78 is 64.9. The normalized spacial score (nSPS) is 10.9. The largest absolute Gasteiger partial charge is 0.574 e. The van der Waals surface area contributed by atoms with E-state index in [0.717, 1.165) is 6.07 Å². The average Bonchev–Trinajstić information content (AvgIpc) is 2.25. The number of nitrogens with zero attached hydrogens (tertiary/aromatic N) is 3. The van der Waals surface area contributed by atoms with Crippen molar-refractivity contribution in [3.05, 3.63) is 22.9 Å². The van der Waals surface area contributed by atoms with Gasteiger partial charge in [-0.3, -0.25) is 0 Å². The highest BCUT2D eigenvalue weighted by Crippen LogP contribution is 2.34. The molecule has 0 fully saturated rings. The number of rotatable bonds is 3. The lowest BCUT2D eigenvalue weighted by Crippen LogP contribution is -2.20. The molecule has 100 valence electrons. The van der Waals surface area contributed by atoms with Crippen molar-refractivity contribution in [3.63, 3.8) is 0 Å². The first-order valence-electron chi connectivity index (χ1n) is 4.63. The maximum absolute atomic E-state index is 12.7. The van der Waals surface area contributed by atoms with Crippen molar-refractivity contribution < 1.29 is 26.7 Å². The van der Waals surface area contributed by atoms with Gasteiger partial charge >= 0.3 is 6.36 Å². The number of pyridine rings is 1. The molecule has 0 unspecified atom stereocenters. The summed E-state index contributed by atoms with van der Waals surface area (Å²) in [5.74, 6) is -1.41. The van der Waals surface area contributed by atoms with Crippen LogP contribution in [-0.2, 0) is 6.42 Å². The van der Waals surface area contributed by atoms with E-state index in [1.165, 1.54) is 6.07 Å². The van der Waals surface area contributed by atoms with Crippen molar-refractivity contribution in [1.82, 2.24) is 4.98 Å². The quantitative estimate of drug-likeness (QED) is 0.796. The summed E-state index contributed by atoms with van der Waals surface area (Å²) in [4.78, 5) is 3.18. The molecule has 9 heteroatoms. The second-order valence-electron chi connectivity index (χ2n) is 3.18. The summed E-state index contributed by atoms with van der Waals surface area (Å²) in [6, 6.07) is 3.73. The van der Waals surface area contributed by atoms with Crippen LogP contribution >= 0.6 is 0 Å². The minimum Gasteiger partial charge on any atom is -0.387 e. The van der Waals surface area contributed by atoms with E-state index in [0.29, 0.717) is 0 Å². The summed E-state index contributed by atoms with van der Waals surface area (Å²) in [6.45, 7) is 0. The fraction of sp³-hybridized carbons (Fsp3) is 0.300. The molecule has 0 spiro atoms. The Labute approximate surface area is 103 Å². The third-order valence-electron chi connectivity index (χ3n) is 1.89. The van der Waals surface area contributed by atoms with Gasteiger partial charge in [-0.05, 0) is 6.07 Å². The Kier molecular flexibility index (Phi) is 4.22. The van der Waals surface area contributed by atoms with Gasteiger partial charge in [0.2, 0.25) is 5.88 Å². The molecule has 0 saturated carbocycles. The Morgan fingerprint density at radius 3 is 2.37 bits per heavy atom. The summed E-state index contributed by atoms with van der Waals surface area (Å²) >= 11 is 0. The van der Waals surface area contributed by atoms with Crippen LogP contribution in [0, 0.1) is 22.7 Å². The van der Waals surface area contributed by atoms with Crippen molar-refractivity contribution in [3.8, 4) is 18.0 Å². The van der Waals surface area contributed by atoms with Gasteiger partial charge in [0.15, 0.2) is 0 Å². The van der Waals surface area contributed by atoms with Gasteiger partial charge in [0, 0.05) is 0 Å². The zero-order chi connectivity index (χ0) is 14.6. The zero-order valence-corrected chi connectivity index (χ0v) is 9.00. The van der Waals surface area contributed by atoms with Gasteiger partial charge in [0.05, 0.1) is 35.4 Å². The molecule has 0 aliphatic rings. The molecule has 19 heavy (non-hydrogen) atoms. The topological polar surface area (TPSA) is 69.7 Å². The molecule has 0 saturated heterocycles. The molecule has 1 aromatic rings. The Bertz CT molecular complexity index is 556. The average molecular weight is 277 g/mol.